The molecule has 0 aliphatic carbocycles. The van der Waals surface area contributed by atoms with Gasteiger partial charge in [0.1, 0.15) is 0 Å². The molecular formula is C13H17N3O2S3. The van der Waals surface area contributed by atoms with E-state index in [2.05, 4.69) is 22.4 Å². The molecule has 1 N–H and O–H groups in total. The van der Waals surface area contributed by atoms with Crippen molar-refractivity contribution < 1.29 is 8.42 Å². The SMILES string of the molecule is CCCNc1nnc(SCCS(=O)(=O)c2ccccc2)s1. The van der Waals surface area contributed by atoms with Crippen LogP contribution in [0.2, 0.25) is 0 Å². The van der Waals surface area contributed by atoms with E-state index in [1.54, 1.807) is 30.3 Å². The molecule has 0 atom stereocenters. The number of nitrogens with one attached hydrogen (secondary N) is 1. The normalized spacial score (nSPS) is 11.5. The van der Waals surface area contributed by atoms with Crippen molar-refractivity contribution in [2.45, 2.75) is 22.6 Å². The van der Waals surface area contributed by atoms with E-state index < -0.39 is 9.84 Å². The maximum absolute atomic E-state index is 12.1. The Bertz CT molecular complexity index is 656. The maximum atomic E-state index is 12.1. The standard InChI is InChI=1S/C13H17N3O2S3/c1-2-8-14-12-15-16-13(20-12)19-9-10-21(17,18)11-6-4-3-5-7-11/h3-7H,2,8-10H2,1H3,(H,14,15). The molecule has 1 heterocycles. The summed E-state index contributed by atoms with van der Waals surface area (Å²) in [5.41, 5.74) is 0. The lowest BCUT2D eigenvalue weighted by Gasteiger charge is -2.02. The van der Waals surface area contributed by atoms with Crippen LogP contribution in [0.25, 0.3) is 0 Å². The van der Waals surface area contributed by atoms with Crippen LogP contribution in [0.3, 0.4) is 0 Å². The van der Waals surface area contributed by atoms with Gasteiger partial charge in [-0.1, -0.05) is 48.2 Å². The summed E-state index contributed by atoms with van der Waals surface area (Å²) in [7, 11) is -3.22. The molecule has 0 saturated heterocycles. The average Bonchev–Trinajstić information content (AvgIpc) is 2.94. The Morgan fingerprint density at radius 2 is 2.00 bits per heavy atom. The first-order valence-corrected chi connectivity index (χ1v) is 10.1. The van der Waals surface area contributed by atoms with Crippen molar-refractivity contribution in [3.63, 3.8) is 0 Å². The Morgan fingerprint density at radius 3 is 2.71 bits per heavy atom. The van der Waals surface area contributed by atoms with Gasteiger partial charge in [0.25, 0.3) is 0 Å². The van der Waals surface area contributed by atoms with E-state index in [1.165, 1.54) is 23.1 Å². The lowest BCUT2D eigenvalue weighted by Crippen LogP contribution is -2.08. The van der Waals surface area contributed by atoms with Gasteiger partial charge in [-0.25, -0.2) is 8.42 Å². The second kappa shape index (κ2) is 7.77. The van der Waals surface area contributed by atoms with E-state index in [1.807, 2.05) is 0 Å². The molecule has 2 aromatic rings. The minimum absolute atomic E-state index is 0.0962. The first-order chi connectivity index (χ1) is 10.1. The van der Waals surface area contributed by atoms with E-state index in [4.69, 9.17) is 0 Å². The highest BCUT2D eigenvalue weighted by atomic mass is 32.2. The second-order valence-corrected chi connectivity index (χ2v) is 8.71. The average molecular weight is 343 g/mol. The lowest BCUT2D eigenvalue weighted by molar-refractivity contribution is 0.597. The summed E-state index contributed by atoms with van der Waals surface area (Å²) in [6.07, 6.45) is 1.03. The van der Waals surface area contributed by atoms with Crippen molar-refractivity contribution in [3.05, 3.63) is 30.3 Å². The van der Waals surface area contributed by atoms with Crippen molar-refractivity contribution in [2.24, 2.45) is 0 Å². The summed E-state index contributed by atoms with van der Waals surface area (Å²) in [6, 6.07) is 8.52. The Hall–Kier alpha value is -1.12. The smallest absolute Gasteiger partial charge is 0.206 e. The molecule has 0 radical (unpaired) electrons. The third kappa shape index (κ3) is 4.98. The number of hydrogen-bond acceptors (Lipinski definition) is 7. The molecule has 1 aromatic heterocycles. The summed E-state index contributed by atoms with van der Waals surface area (Å²) in [5.74, 6) is 0.568. The molecule has 8 heteroatoms. The Labute approximate surface area is 133 Å². The molecule has 0 fully saturated rings. The van der Waals surface area contributed by atoms with Crippen LogP contribution in [-0.2, 0) is 9.84 Å². The van der Waals surface area contributed by atoms with Gasteiger partial charge >= 0.3 is 0 Å². The van der Waals surface area contributed by atoms with Crippen molar-refractivity contribution in [3.8, 4) is 0 Å². The summed E-state index contributed by atoms with van der Waals surface area (Å²) in [6.45, 7) is 2.94. The molecule has 0 aliphatic rings. The Kier molecular flexibility index (Phi) is 6.01. The second-order valence-electron chi connectivity index (χ2n) is 4.28. The molecule has 2 rings (SSSR count). The molecule has 21 heavy (non-hydrogen) atoms. The van der Waals surface area contributed by atoms with E-state index in [0.717, 1.165) is 22.4 Å². The number of thioether (sulfide) groups is 1. The predicted molar refractivity (Wildman–Crippen MR) is 87.9 cm³/mol. The Morgan fingerprint density at radius 1 is 1.24 bits per heavy atom. The van der Waals surface area contributed by atoms with Gasteiger partial charge < -0.3 is 5.32 Å². The first kappa shape index (κ1) is 16.3. The van der Waals surface area contributed by atoms with Crippen molar-refractivity contribution >= 4 is 38.1 Å². The van der Waals surface area contributed by atoms with Crippen LogP contribution < -0.4 is 5.32 Å². The van der Waals surface area contributed by atoms with Crippen LogP contribution >= 0.6 is 23.1 Å². The molecular weight excluding hydrogens is 326 g/mol. The topological polar surface area (TPSA) is 72.0 Å². The lowest BCUT2D eigenvalue weighted by atomic mass is 10.4. The molecule has 0 spiro atoms. The van der Waals surface area contributed by atoms with Gasteiger partial charge in [-0.3, -0.25) is 0 Å². The summed E-state index contributed by atoms with van der Waals surface area (Å²) < 4.78 is 25.0. The molecule has 0 unspecified atom stereocenters. The van der Waals surface area contributed by atoms with Crippen LogP contribution in [0.4, 0.5) is 5.13 Å². The van der Waals surface area contributed by atoms with Crippen molar-refractivity contribution in [1.29, 1.82) is 0 Å². The molecule has 0 aliphatic heterocycles. The first-order valence-electron chi connectivity index (χ1n) is 6.60. The van der Waals surface area contributed by atoms with Gasteiger partial charge in [0.15, 0.2) is 14.2 Å². The van der Waals surface area contributed by atoms with Crippen LogP contribution in [-0.4, -0.2) is 36.7 Å². The number of hydrogen-bond donors (Lipinski definition) is 1. The number of anilines is 1. The van der Waals surface area contributed by atoms with Gasteiger partial charge in [0, 0.05) is 12.3 Å². The van der Waals surface area contributed by atoms with E-state index >= 15 is 0 Å². The van der Waals surface area contributed by atoms with Crippen molar-refractivity contribution in [2.75, 3.05) is 23.4 Å². The third-order valence-corrected chi connectivity index (χ3v) is 6.62. The molecule has 0 saturated carbocycles. The molecule has 0 amide bonds. The Balaban J connectivity index is 1.85. The summed E-state index contributed by atoms with van der Waals surface area (Å²) in [5, 5.41) is 12.0. The predicted octanol–water partition coefficient (Wildman–Crippen LogP) is 2.93. The van der Waals surface area contributed by atoms with Crippen LogP contribution in [0.1, 0.15) is 13.3 Å². The van der Waals surface area contributed by atoms with Gasteiger partial charge in [0.05, 0.1) is 10.6 Å². The van der Waals surface area contributed by atoms with Gasteiger partial charge in [-0.05, 0) is 18.6 Å². The quantitative estimate of drug-likeness (QED) is 0.743. The van der Waals surface area contributed by atoms with Crippen LogP contribution in [0.5, 0.6) is 0 Å². The highest BCUT2D eigenvalue weighted by Crippen LogP contribution is 2.26. The molecule has 1 aromatic carbocycles. The minimum Gasteiger partial charge on any atom is -0.360 e. The molecule has 114 valence electrons. The number of aromatic nitrogens is 2. The fourth-order valence-corrected chi connectivity index (χ4v) is 5.07. The zero-order valence-electron chi connectivity index (χ0n) is 11.7. The number of nitrogens with zero attached hydrogens (tertiary/aromatic N) is 2. The monoisotopic (exact) mass is 343 g/mol. The fourth-order valence-electron chi connectivity index (χ4n) is 1.56. The largest absolute Gasteiger partial charge is 0.360 e. The van der Waals surface area contributed by atoms with Gasteiger partial charge in [0.2, 0.25) is 5.13 Å². The zero-order valence-corrected chi connectivity index (χ0v) is 14.1. The van der Waals surface area contributed by atoms with Gasteiger partial charge in [-0.2, -0.15) is 0 Å². The maximum Gasteiger partial charge on any atom is 0.206 e. The number of rotatable bonds is 8. The third-order valence-electron chi connectivity index (χ3n) is 2.61. The highest BCUT2D eigenvalue weighted by molar-refractivity contribution is 8.02. The van der Waals surface area contributed by atoms with Crippen LogP contribution in [0, 0.1) is 0 Å². The summed E-state index contributed by atoms with van der Waals surface area (Å²) >= 11 is 2.88. The van der Waals surface area contributed by atoms with Crippen LogP contribution in [0.15, 0.2) is 39.6 Å². The fraction of sp³-hybridized carbons (Fsp3) is 0.385. The van der Waals surface area contributed by atoms with E-state index in [-0.39, 0.29) is 5.75 Å². The number of benzene rings is 1. The van der Waals surface area contributed by atoms with E-state index in [9.17, 15) is 8.42 Å². The zero-order chi connectivity index (χ0) is 15.1. The van der Waals surface area contributed by atoms with Crippen molar-refractivity contribution in [1.82, 2.24) is 10.2 Å². The van der Waals surface area contributed by atoms with Gasteiger partial charge in [-0.15, -0.1) is 10.2 Å². The highest BCUT2D eigenvalue weighted by Gasteiger charge is 2.14. The van der Waals surface area contributed by atoms with E-state index in [0.29, 0.717) is 10.6 Å². The summed E-state index contributed by atoms with van der Waals surface area (Å²) in [4.78, 5) is 0.369. The number of sulfone groups is 1. The molecule has 5 nitrogen and oxygen atoms in total. The molecule has 0 bridgehead atoms. The minimum atomic E-state index is -3.22.